The molecule has 150 valence electrons. The van der Waals surface area contributed by atoms with E-state index >= 15 is 0 Å². The molecule has 26 heavy (non-hydrogen) atoms. The summed E-state index contributed by atoms with van der Waals surface area (Å²) in [6.07, 6.45) is 0.421. The van der Waals surface area contributed by atoms with Crippen LogP contribution in [0.2, 0.25) is 6.32 Å². The average molecular weight is 395 g/mol. The monoisotopic (exact) mass is 395 g/mol. The molecule has 9 N–H and O–H groups in total. The van der Waals surface area contributed by atoms with Crippen LogP contribution in [0, 0.1) is 5.92 Å². The van der Waals surface area contributed by atoms with E-state index in [-0.39, 0.29) is 32.3 Å². The highest BCUT2D eigenvalue weighted by molar-refractivity contribution is 7.87. The van der Waals surface area contributed by atoms with Gasteiger partial charge < -0.3 is 32.4 Å². The van der Waals surface area contributed by atoms with Crippen LogP contribution in [0.1, 0.15) is 12.8 Å². The summed E-state index contributed by atoms with van der Waals surface area (Å²) in [7, 11) is -4.86. The molecule has 1 aliphatic heterocycles. The predicted octanol–water partition coefficient (Wildman–Crippen LogP) is -4.06. The van der Waals surface area contributed by atoms with Gasteiger partial charge in [0, 0.05) is 32.6 Å². The number of likely N-dealkylation sites (N-methyl/N-ethyl adjacent to an activating group) is 1. The molecule has 0 saturated carbocycles. The topological polar surface area (TPSA) is 214 Å². The zero-order chi connectivity index (χ0) is 20.3. The van der Waals surface area contributed by atoms with Crippen LogP contribution in [0.3, 0.4) is 0 Å². The fourth-order valence-corrected chi connectivity index (χ4v) is 4.28. The van der Waals surface area contributed by atoms with Crippen LogP contribution in [0.5, 0.6) is 0 Å². The zero-order valence-corrected chi connectivity index (χ0v) is 15.3. The van der Waals surface area contributed by atoms with Gasteiger partial charge in [-0.05, 0) is 12.7 Å². The van der Waals surface area contributed by atoms with Crippen LogP contribution in [0.4, 0.5) is 0 Å². The lowest BCUT2D eigenvalue weighted by Crippen LogP contribution is -2.56. The first-order valence-electron chi connectivity index (χ1n) is 7.99. The van der Waals surface area contributed by atoms with Gasteiger partial charge in [0.1, 0.15) is 5.54 Å². The van der Waals surface area contributed by atoms with Crippen LogP contribution in [0.15, 0.2) is 0 Å². The highest BCUT2D eigenvalue weighted by atomic mass is 32.2. The number of nitrogens with two attached hydrogens (primary N) is 3. The third kappa shape index (κ3) is 4.70. The third-order valence-electron chi connectivity index (χ3n) is 4.56. The van der Waals surface area contributed by atoms with Crippen LogP contribution in [0.25, 0.3) is 0 Å². The fraction of sp³-hybridized carbons (Fsp3) is 0.833. The van der Waals surface area contributed by atoms with E-state index in [1.54, 1.807) is 0 Å². The van der Waals surface area contributed by atoms with Crippen molar-refractivity contribution in [2.75, 3.05) is 26.7 Å². The molecule has 0 radical (unpaired) electrons. The molecule has 0 aromatic carbocycles. The number of hydrogen-bond donors (Lipinski definition) is 6. The van der Waals surface area contributed by atoms with Crippen molar-refractivity contribution in [2.45, 2.75) is 30.7 Å². The number of carbonyl (C=O) groups is 2. The van der Waals surface area contributed by atoms with E-state index in [1.807, 2.05) is 0 Å². The van der Waals surface area contributed by atoms with Crippen molar-refractivity contribution in [1.82, 2.24) is 8.61 Å². The second-order valence-electron chi connectivity index (χ2n) is 6.40. The van der Waals surface area contributed by atoms with Crippen molar-refractivity contribution in [3.8, 4) is 0 Å². The zero-order valence-electron chi connectivity index (χ0n) is 14.5. The minimum absolute atomic E-state index is 0.00267. The van der Waals surface area contributed by atoms with Gasteiger partial charge in [0.15, 0.2) is 0 Å². The molecule has 1 fully saturated rings. The van der Waals surface area contributed by atoms with E-state index < -0.39 is 53.2 Å². The Balaban J connectivity index is 3.00. The summed E-state index contributed by atoms with van der Waals surface area (Å²) in [4.78, 5) is 23.6. The molecule has 0 aliphatic carbocycles. The van der Waals surface area contributed by atoms with Crippen molar-refractivity contribution in [2.24, 2.45) is 23.1 Å². The van der Waals surface area contributed by atoms with E-state index in [0.29, 0.717) is 4.31 Å². The van der Waals surface area contributed by atoms with Crippen LogP contribution in [-0.4, -0.2) is 89.4 Å². The Morgan fingerprint density at radius 2 is 2.00 bits per heavy atom. The number of nitrogens with zero attached hydrogens (tertiary/aromatic N) is 2. The Morgan fingerprint density at radius 3 is 2.46 bits per heavy atom. The van der Waals surface area contributed by atoms with Gasteiger partial charge in [-0.25, -0.2) is 4.31 Å². The van der Waals surface area contributed by atoms with Gasteiger partial charge in [0.05, 0.1) is 6.04 Å². The van der Waals surface area contributed by atoms with Crippen LogP contribution >= 0.6 is 0 Å². The maximum Gasteiger partial charge on any atom is 0.451 e. The molecule has 1 heterocycles. The standard InChI is InChI=1S/C12H26BN5O7S/c1-17(10(19)9(15)5-14)26(24,25)18-6-8(3-2-4-13(22)23)12(16,7-18)11(20)21/h8-9,22-23H,2-7,14-16H2,1H3,(H,20,21)/t8-,9?,12-/m0/s1. The summed E-state index contributed by atoms with van der Waals surface area (Å²) in [6, 6.07) is -1.21. The molecular weight excluding hydrogens is 369 g/mol. The first kappa shape index (κ1) is 22.8. The number of rotatable bonds is 9. The van der Waals surface area contributed by atoms with Crippen molar-refractivity contribution >= 4 is 29.2 Å². The lowest BCUT2D eigenvalue weighted by atomic mass is 9.78. The Kier molecular flexibility index (Phi) is 7.53. The summed E-state index contributed by atoms with van der Waals surface area (Å²) in [5.41, 5.74) is 14.8. The highest BCUT2D eigenvalue weighted by Crippen LogP contribution is 2.32. The van der Waals surface area contributed by atoms with Crippen molar-refractivity contribution in [3.63, 3.8) is 0 Å². The third-order valence-corrected chi connectivity index (χ3v) is 6.36. The normalized spacial score (nSPS) is 25.1. The summed E-state index contributed by atoms with van der Waals surface area (Å²) in [6.45, 7) is -0.991. The molecule has 3 atom stereocenters. The Morgan fingerprint density at radius 1 is 1.42 bits per heavy atom. The van der Waals surface area contributed by atoms with Gasteiger partial charge in [-0.15, -0.1) is 0 Å². The molecule has 0 aromatic rings. The van der Waals surface area contributed by atoms with Gasteiger partial charge in [-0.2, -0.15) is 12.7 Å². The van der Waals surface area contributed by atoms with E-state index in [2.05, 4.69) is 0 Å². The Labute approximate surface area is 152 Å². The van der Waals surface area contributed by atoms with E-state index in [1.165, 1.54) is 0 Å². The summed E-state index contributed by atoms with van der Waals surface area (Å²) >= 11 is 0. The second kappa shape index (κ2) is 8.60. The maximum absolute atomic E-state index is 12.6. The molecular formula is C12H26BN5O7S. The number of carbonyl (C=O) groups excluding carboxylic acids is 1. The summed E-state index contributed by atoms with van der Waals surface area (Å²) < 4.78 is 26.5. The smallest absolute Gasteiger partial charge is 0.451 e. The van der Waals surface area contributed by atoms with Gasteiger partial charge in [0.2, 0.25) is 0 Å². The molecule has 0 spiro atoms. The van der Waals surface area contributed by atoms with Crippen LogP contribution in [-0.2, 0) is 19.8 Å². The molecule has 1 saturated heterocycles. The molecule has 1 aliphatic rings. The summed E-state index contributed by atoms with van der Waals surface area (Å²) in [5, 5.41) is 27.2. The summed E-state index contributed by atoms with van der Waals surface area (Å²) in [5.74, 6) is -3.06. The predicted molar refractivity (Wildman–Crippen MR) is 92.6 cm³/mol. The van der Waals surface area contributed by atoms with Crippen molar-refractivity contribution < 1.29 is 33.2 Å². The Hall–Kier alpha value is -1.29. The highest BCUT2D eigenvalue weighted by Gasteiger charge is 2.53. The molecule has 0 aromatic heterocycles. The molecule has 12 nitrogen and oxygen atoms in total. The number of carboxylic acid groups (broad SMARTS) is 1. The number of amides is 1. The van der Waals surface area contributed by atoms with Gasteiger partial charge in [-0.1, -0.05) is 6.42 Å². The van der Waals surface area contributed by atoms with E-state index in [0.717, 1.165) is 11.4 Å². The average Bonchev–Trinajstić information content (AvgIpc) is 2.91. The van der Waals surface area contributed by atoms with Gasteiger partial charge in [-0.3, -0.25) is 9.59 Å². The quantitative estimate of drug-likeness (QED) is 0.208. The van der Waals surface area contributed by atoms with Crippen molar-refractivity contribution in [1.29, 1.82) is 0 Å². The van der Waals surface area contributed by atoms with Crippen molar-refractivity contribution in [3.05, 3.63) is 0 Å². The lowest BCUT2D eigenvalue weighted by molar-refractivity contribution is -0.144. The Bertz CT molecular complexity index is 633. The largest absolute Gasteiger partial charge is 0.480 e. The first-order chi connectivity index (χ1) is 11.9. The lowest BCUT2D eigenvalue weighted by Gasteiger charge is -2.27. The van der Waals surface area contributed by atoms with Gasteiger partial charge >= 0.3 is 23.3 Å². The molecule has 14 heteroatoms. The van der Waals surface area contributed by atoms with E-state index in [9.17, 15) is 23.1 Å². The fourth-order valence-electron chi connectivity index (χ4n) is 2.83. The second-order valence-corrected chi connectivity index (χ2v) is 8.36. The van der Waals surface area contributed by atoms with E-state index in [4.69, 9.17) is 27.2 Å². The molecule has 0 bridgehead atoms. The minimum Gasteiger partial charge on any atom is -0.480 e. The first-order valence-corrected chi connectivity index (χ1v) is 9.39. The number of hydrogen-bond acceptors (Lipinski definition) is 9. The van der Waals surface area contributed by atoms with Gasteiger partial charge in [0.25, 0.3) is 5.91 Å². The molecule has 1 rings (SSSR count). The molecule has 1 amide bonds. The SMILES string of the molecule is CN(C(=O)C(N)CN)S(=O)(=O)N1C[C@H](CCCB(O)O)[C@](N)(C(=O)O)C1. The molecule has 1 unspecified atom stereocenters. The minimum atomic E-state index is -4.33. The van der Waals surface area contributed by atoms with Crippen LogP contribution < -0.4 is 17.2 Å². The number of carboxylic acids is 1. The number of aliphatic carboxylic acids is 1. The maximum atomic E-state index is 12.6.